The summed E-state index contributed by atoms with van der Waals surface area (Å²) in [5.41, 5.74) is 3.29. The molecule has 0 bridgehead atoms. The molecule has 33 heavy (non-hydrogen) atoms. The number of benzene rings is 1. The van der Waals surface area contributed by atoms with Gasteiger partial charge in [0.15, 0.2) is 11.5 Å². The molecule has 2 aliphatic heterocycles. The van der Waals surface area contributed by atoms with E-state index in [-0.39, 0.29) is 12.5 Å². The molecule has 2 aromatic rings. The zero-order valence-electron chi connectivity index (χ0n) is 19.4. The van der Waals surface area contributed by atoms with Crippen LogP contribution in [0.5, 0.6) is 11.5 Å². The number of nitrogens with one attached hydrogen (secondary N) is 1. The number of carbonyl (C=O) groups is 2. The standard InChI is InChI=1S/C24H31N3O6/c1-16-21(24(29)33-11-10-30-3)17(2)25-22(16)23(28)27-8-6-26(7-9-27)15-18-4-5-19-20(14-18)32-13-12-31-19/h4-5,14,25H,6-13,15H2,1-3H3. The SMILES string of the molecule is COCCOC(=O)c1c(C)[nH]c(C(=O)N2CCN(Cc3ccc4c(c3)OCCO4)CC2)c1C. The van der Waals surface area contributed by atoms with Crippen molar-refractivity contribution < 1.29 is 28.5 Å². The van der Waals surface area contributed by atoms with E-state index in [1.165, 1.54) is 0 Å². The number of hydrogen-bond donors (Lipinski definition) is 1. The first kappa shape index (κ1) is 23.1. The maximum Gasteiger partial charge on any atom is 0.340 e. The molecule has 9 heteroatoms. The second kappa shape index (κ2) is 10.3. The Hall–Kier alpha value is -3.04. The number of ether oxygens (including phenoxy) is 4. The van der Waals surface area contributed by atoms with E-state index in [4.69, 9.17) is 18.9 Å². The number of nitrogens with zero attached hydrogens (tertiary/aromatic N) is 2. The van der Waals surface area contributed by atoms with Gasteiger partial charge in [0.25, 0.3) is 5.91 Å². The molecule has 0 spiro atoms. The minimum Gasteiger partial charge on any atom is -0.486 e. The van der Waals surface area contributed by atoms with Crippen molar-refractivity contribution in [3.63, 3.8) is 0 Å². The van der Waals surface area contributed by atoms with Gasteiger partial charge in [-0.3, -0.25) is 9.69 Å². The lowest BCUT2D eigenvalue weighted by molar-refractivity contribution is 0.0386. The van der Waals surface area contributed by atoms with Crippen LogP contribution in [0.15, 0.2) is 18.2 Å². The van der Waals surface area contributed by atoms with Gasteiger partial charge in [-0.2, -0.15) is 0 Å². The summed E-state index contributed by atoms with van der Waals surface area (Å²) in [6, 6.07) is 6.05. The van der Waals surface area contributed by atoms with Crippen LogP contribution in [0.25, 0.3) is 0 Å². The zero-order valence-corrected chi connectivity index (χ0v) is 19.4. The van der Waals surface area contributed by atoms with Gasteiger partial charge in [-0.1, -0.05) is 6.07 Å². The molecule has 4 rings (SSSR count). The molecule has 1 fully saturated rings. The van der Waals surface area contributed by atoms with Crippen LogP contribution < -0.4 is 9.47 Å². The number of aromatic nitrogens is 1. The fourth-order valence-corrected chi connectivity index (χ4v) is 4.27. The Morgan fingerprint density at radius 3 is 2.48 bits per heavy atom. The van der Waals surface area contributed by atoms with E-state index < -0.39 is 5.97 Å². The first-order chi connectivity index (χ1) is 16.0. The third kappa shape index (κ3) is 5.15. The van der Waals surface area contributed by atoms with Crippen LogP contribution in [0.3, 0.4) is 0 Å². The Labute approximate surface area is 193 Å². The molecule has 3 heterocycles. The van der Waals surface area contributed by atoms with Gasteiger partial charge >= 0.3 is 5.97 Å². The Bertz CT molecular complexity index is 1010. The highest BCUT2D eigenvalue weighted by atomic mass is 16.6. The van der Waals surface area contributed by atoms with Crippen LogP contribution in [0, 0.1) is 13.8 Å². The predicted molar refractivity (Wildman–Crippen MR) is 121 cm³/mol. The van der Waals surface area contributed by atoms with Crippen molar-refractivity contribution in [2.75, 3.05) is 59.7 Å². The molecular formula is C24H31N3O6. The number of aryl methyl sites for hydroxylation is 1. The lowest BCUT2D eigenvalue weighted by Gasteiger charge is -2.34. The summed E-state index contributed by atoms with van der Waals surface area (Å²) in [5.74, 6) is 1.05. The number of rotatable bonds is 7. The Balaban J connectivity index is 1.35. The number of aromatic amines is 1. The molecule has 0 saturated carbocycles. The molecule has 1 N–H and O–H groups in total. The lowest BCUT2D eigenvalue weighted by Crippen LogP contribution is -2.48. The summed E-state index contributed by atoms with van der Waals surface area (Å²) in [6.07, 6.45) is 0. The molecule has 9 nitrogen and oxygen atoms in total. The normalized spacial score (nSPS) is 16.0. The topological polar surface area (TPSA) is 93.3 Å². The summed E-state index contributed by atoms with van der Waals surface area (Å²) in [5, 5.41) is 0. The average Bonchev–Trinajstić information content (AvgIpc) is 3.13. The maximum atomic E-state index is 13.2. The van der Waals surface area contributed by atoms with E-state index >= 15 is 0 Å². The van der Waals surface area contributed by atoms with Crippen molar-refractivity contribution in [2.24, 2.45) is 0 Å². The van der Waals surface area contributed by atoms with Crippen LogP contribution in [-0.4, -0.2) is 86.4 Å². The number of esters is 1. The van der Waals surface area contributed by atoms with E-state index in [1.54, 1.807) is 21.0 Å². The summed E-state index contributed by atoms with van der Waals surface area (Å²) < 4.78 is 21.4. The molecule has 1 aromatic carbocycles. The minimum absolute atomic E-state index is 0.0921. The van der Waals surface area contributed by atoms with Gasteiger partial charge in [0.1, 0.15) is 25.5 Å². The first-order valence-electron chi connectivity index (χ1n) is 11.2. The number of amides is 1. The van der Waals surface area contributed by atoms with Crippen LogP contribution >= 0.6 is 0 Å². The van der Waals surface area contributed by atoms with Crippen molar-refractivity contribution in [1.29, 1.82) is 0 Å². The number of H-pyrrole nitrogens is 1. The highest BCUT2D eigenvalue weighted by Crippen LogP contribution is 2.31. The number of methoxy groups -OCH3 is 1. The van der Waals surface area contributed by atoms with Crippen molar-refractivity contribution in [1.82, 2.24) is 14.8 Å². The van der Waals surface area contributed by atoms with Gasteiger partial charge in [0.2, 0.25) is 0 Å². The van der Waals surface area contributed by atoms with Gasteiger partial charge in [0, 0.05) is 45.5 Å². The third-order valence-corrected chi connectivity index (χ3v) is 6.05. The maximum absolute atomic E-state index is 13.2. The monoisotopic (exact) mass is 457 g/mol. The molecule has 0 atom stereocenters. The van der Waals surface area contributed by atoms with E-state index in [2.05, 4.69) is 16.0 Å². The lowest BCUT2D eigenvalue weighted by atomic mass is 10.1. The largest absolute Gasteiger partial charge is 0.486 e. The molecule has 0 unspecified atom stereocenters. The molecule has 1 amide bonds. The van der Waals surface area contributed by atoms with Crippen LogP contribution in [0.1, 0.15) is 37.7 Å². The first-order valence-corrected chi connectivity index (χ1v) is 11.2. The van der Waals surface area contributed by atoms with Gasteiger partial charge in [-0.05, 0) is 37.1 Å². The molecule has 1 aromatic heterocycles. The number of carbonyl (C=O) groups excluding carboxylic acids is 2. The smallest absolute Gasteiger partial charge is 0.340 e. The fraction of sp³-hybridized carbons (Fsp3) is 0.500. The third-order valence-electron chi connectivity index (χ3n) is 6.05. The quantitative estimate of drug-likeness (QED) is 0.503. The second-order valence-corrected chi connectivity index (χ2v) is 8.30. The molecule has 0 radical (unpaired) electrons. The summed E-state index contributed by atoms with van der Waals surface area (Å²) in [4.78, 5) is 32.9. The van der Waals surface area contributed by atoms with Crippen LogP contribution in [-0.2, 0) is 16.0 Å². The minimum atomic E-state index is -0.443. The zero-order chi connectivity index (χ0) is 23.4. The number of fused-ring (bicyclic) bond motifs is 1. The van der Waals surface area contributed by atoms with Crippen LogP contribution in [0.4, 0.5) is 0 Å². The van der Waals surface area contributed by atoms with E-state index in [9.17, 15) is 9.59 Å². The highest BCUT2D eigenvalue weighted by Gasteiger charge is 2.28. The summed E-state index contributed by atoms with van der Waals surface area (Å²) in [7, 11) is 1.55. The van der Waals surface area contributed by atoms with E-state index in [1.807, 2.05) is 17.0 Å². The van der Waals surface area contributed by atoms with E-state index in [0.717, 1.165) is 36.7 Å². The van der Waals surface area contributed by atoms with Gasteiger partial charge in [-0.25, -0.2) is 4.79 Å². The molecule has 1 saturated heterocycles. The number of piperazine rings is 1. The predicted octanol–water partition coefficient (Wildman–Crippen LogP) is 2.16. The van der Waals surface area contributed by atoms with Gasteiger partial charge < -0.3 is 28.8 Å². The van der Waals surface area contributed by atoms with Crippen molar-refractivity contribution in [3.05, 3.63) is 46.3 Å². The van der Waals surface area contributed by atoms with Crippen molar-refractivity contribution >= 4 is 11.9 Å². The Morgan fingerprint density at radius 2 is 1.76 bits per heavy atom. The molecule has 0 aliphatic carbocycles. The average molecular weight is 458 g/mol. The van der Waals surface area contributed by atoms with E-state index in [0.29, 0.717) is 55.4 Å². The summed E-state index contributed by atoms with van der Waals surface area (Å²) >= 11 is 0. The highest BCUT2D eigenvalue weighted by molar-refractivity contribution is 6.00. The van der Waals surface area contributed by atoms with Gasteiger partial charge in [0.05, 0.1) is 12.2 Å². The van der Waals surface area contributed by atoms with Crippen molar-refractivity contribution in [2.45, 2.75) is 20.4 Å². The van der Waals surface area contributed by atoms with Crippen LogP contribution in [0.2, 0.25) is 0 Å². The Kier molecular flexibility index (Phi) is 7.20. The summed E-state index contributed by atoms with van der Waals surface area (Å²) in [6.45, 7) is 8.78. The number of hydrogen-bond acceptors (Lipinski definition) is 7. The van der Waals surface area contributed by atoms with Crippen molar-refractivity contribution in [3.8, 4) is 11.5 Å². The molecule has 178 valence electrons. The van der Waals surface area contributed by atoms with Gasteiger partial charge in [-0.15, -0.1) is 0 Å². The Morgan fingerprint density at radius 1 is 1.03 bits per heavy atom. The molecular weight excluding hydrogens is 426 g/mol. The second-order valence-electron chi connectivity index (χ2n) is 8.30. The molecule has 2 aliphatic rings. The fourth-order valence-electron chi connectivity index (χ4n) is 4.27.